The van der Waals surface area contributed by atoms with Crippen molar-refractivity contribution in [3.63, 3.8) is 0 Å². The van der Waals surface area contributed by atoms with E-state index in [0.29, 0.717) is 17.6 Å². The molecule has 0 spiro atoms. The number of allylic oxidation sites excluding steroid dienone is 2. The molecule has 0 unspecified atom stereocenters. The molecule has 0 saturated carbocycles. The summed E-state index contributed by atoms with van der Waals surface area (Å²) in [6.45, 7) is 12.5. The molecular weight excluding hydrogens is 449 g/mol. The van der Waals surface area contributed by atoms with Crippen LogP contribution in [0.2, 0.25) is 0 Å². The fourth-order valence-electron chi connectivity index (χ4n) is 4.39. The lowest BCUT2D eigenvalue weighted by atomic mass is 9.99. The molecule has 4 rings (SSSR count). The number of hydrazine groups is 1. The molecule has 0 amide bonds. The number of benzene rings is 3. The third-order valence-electron chi connectivity index (χ3n) is 6.28. The van der Waals surface area contributed by atoms with Gasteiger partial charge in [0.2, 0.25) is 0 Å². The van der Waals surface area contributed by atoms with Gasteiger partial charge in [0, 0.05) is 42.8 Å². The van der Waals surface area contributed by atoms with E-state index in [1.807, 2.05) is 46.1 Å². The van der Waals surface area contributed by atoms with Gasteiger partial charge in [-0.15, -0.1) is 0 Å². The number of nitrogens with zero attached hydrogens (tertiary/aromatic N) is 2. The van der Waals surface area contributed by atoms with Crippen LogP contribution in [0.5, 0.6) is 0 Å². The second kappa shape index (κ2) is 10.6. The number of aromatic amines is 1. The Bertz CT molecular complexity index is 1440. The van der Waals surface area contributed by atoms with Crippen LogP contribution in [0.15, 0.2) is 84.5 Å². The fourth-order valence-corrected chi connectivity index (χ4v) is 4.39. The number of anilines is 2. The van der Waals surface area contributed by atoms with Crippen molar-refractivity contribution in [2.45, 2.75) is 20.3 Å². The summed E-state index contributed by atoms with van der Waals surface area (Å²) in [5.74, 6) is -0.186. The van der Waals surface area contributed by atoms with Gasteiger partial charge in [-0.2, -0.15) is 10.2 Å². The lowest BCUT2D eigenvalue weighted by Gasteiger charge is -2.23. The van der Waals surface area contributed by atoms with Gasteiger partial charge in [0.25, 0.3) is 0 Å². The Morgan fingerprint density at radius 1 is 1.03 bits per heavy atom. The first-order valence-corrected chi connectivity index (χ1v) is 11.8. The van der Waals surface area contributed by atoms with Crippen LogP contribution in [-0.2, 0) is 6.42 Å². The average Bonchev–Trinajstić information content (AvgIpc) is 3.29. The van der Waals surface area contributed by atoms with E-state index < -0.39 is 0 Å². The van der Waals surface area contributed by atoms with E-state index >= 15 is 0 Å². The summed E-state index contributed by atoms with van der Waals surface area (Å²) in [5, 5.41) is 10.6. The maximum Gasteiger partial charge on any atom is 0.126 e. The maximum atomic E-state index is 14.1. The van der Waals surface area contributed by atoms with Crippen LogP contribution in [0, 0.1) is 19.7 Å². The van der Waals surface area contributed by atoms with Crippen molar-refractivity contribution in [3.05, 3.63) is 113 Å². The SMILES string of the molecule is C=C(/C=N\N(NC)c1c(C)cc(Cc2ccccc2F)cc1C)C(=C)c1cc2ccc(NC)cc2[nH]1. The van der Waals surface area contributed by atoms with E-state index in [2.05, 4.69) is 64.3 Å². The normalized spacial score (nSPS) is 11.2. The van der Waals surface area contributed by atoms with Crippen molar-refractivity contribution < 1.29 is 4.39 Å². The molecule has 0 bridgehead atoms. The smallest absolute Gasteiger partial charge is 0.126 e. The number of aryl methyl sites for hydroxylation is 2. The Balaban J connectivity index is 1.53. The molecule has 0 fully saturated rings. The Labute approximate surface area is 212 Å². The first kappa shape index (κ1) is 24.9. The van der Waals surface area contributed by atoms with Crippen LogP contribution in [0.4, 0.5) is 15.8 Å². The van der Waals surface area contributed by atoms with E-state index in [4.69, 9.17) is 0 Å². The summed E-state index contributed by atoms with van der Waals surface area (Å²) in [4.78, 5) is 3.41. The van der Waals surface area contributed by atoms with Crippen molar-refractivity contribution in [3.8, 4) is 0 Å². The molecule has 0 aliphatic heterocycles. The van der Waals surface area contributed by atoms with Gasteiger partial charge >= 0.3 is 0 Å². The molecule has 4 aromatic rings. The highest BCUT2D eigenvalue weighted by Crippen LogP contribution is 2.28. The first-order chi connectivity index (χ1) is 17.3. The topological polar surface area (TPSA) is 55.4 Å². The minimum absolute atomic E-state index is 0.186. The van der Waals surface area contributed by atoms with Gasteiger partial charge in [-0.25, -0.2) is 9.82 Å². The predicted octanol–water partition coefficient (Wildman–Crippen LogP) is 6.75. The van der Waals surface area contributed by atoms with Crippen LogP contribution in [0.3, 0.4) is 0 Å². The highest BCUT2D eigenvalue weighted by Gasteiger charge is 2.14. The molecule has 36 heavy (non-hydrogen) atoms. The summed E-state index contributed by atoms with van der Waals surface area (Å²) >= 11 is 0. The number of hydrazone groups is 1. The number of nitrogens with one attached hydrogen (secondary N) is 3. The third-order valence-corrected chi connectivity index (χ3v) is 6.28. The quantitative estimate of drug-likeness (QED) is 0.141. The monoisotopic (exact) mass is 481 g/mol. The fraction of sp³-hybridized carbons (Fsp3) is 0.167. The number of hydrogen-bond donors (Lipinski definition) is 3. The molecular formula is C30H32FN5. The van der Waals surface area contributed by atoms with Crippen molar-refractivity contribution in [1.82, 2.24) is 10.4 Å². The van der Waals surface area contributed by atoms with Gasteiger partial charge in [0.1, 0.15) is 5.82 Å². The van der Waals surface area contributed by atoms with E-state index in [1.165, 1.54) is 6.07 Å². The molecule has 3 aromatic carbocycles. The molecule has 3 N–H and O–H groups in total. The van der Waals surface area contributed by atoms with Crippen LogP contribution in [0.1, 0.15) is 27.9 Å². The summed E-state index contributed by atoms with van der Waals surface area (Å²) in [5.41, 5.74) is 12.3. The molecule has 5 nitrogen and oxygen atoms in total. The summed E-state index contributed by atoms with van der Waals surface area (Å²) in [6, 6.07) is 19.3. The molecule has 0 atom stereocenters. The second-order valence-corrected chi connectivity index (χ2v) is 8.87. The molecule has 1 aromatic heterocycles. The molecule has 0 radical (unpaired) electrons. The Morgan fingerprint density at radius 2 is 1.75 bits per heavy atom. The number of hydrogen-bond acceptors (Lipinski definition) is 4. The number of H-pyrrole nitrogens is 1. The van der Waals surface area contributed by atoms with E-state index in [1.54, 1.807) is 17.4 Å². The van der Waals surface area contributed by atoms with Crippen molar-refractivity contribution in [2.75, 3.05) is 24.5 Å². The molecule has 1 heterocycles. The van der Waals surface area contributed by atoms with Gasteiger partial charge in [0.15, 0.2) is 0 Å². The summed E-state index contributed by atoms with van der Waals surface area (Å²) in [7, 11) is 3.72. The number of fused-ring (bicyclic) bond motifs is 1. The molecule has 0 aliphatic carbocycles. The lowest BCUT2D eigenvalue weighted by Crippen LogP contribution is -2.31. The standard InChI is InChI=1S/C30H32FN5/c1-19-13-23(15-24-9-7-8-10-27(24)31)14-20(2)30(19)36(33-6)34-18-21(3)22(4)28-16-25-11-12-26(32-5)17-29(25)35-28/h7-14,16-18,32-33,35H,3-4,15H2,1-2,5-6H3/b34-18-. The second-order valence-electron chi connectivity index (χ2n) is 8.87. The van der Waals surface area contributed by atoms with Crippen molar-refractivity contribution in [1.29, 1.82) is 0 Å². The maximum absolute atomic E-state index is 14.1. The van der Waals surface area contributed by atoms with Gasteiger partial charge in [-0.05, 0) is 71.5 Å². The first-order valence-electron chi connectivity index (χ1n) is 11.8. The Hall–Kier alpha value is -4.16. The highest BCUT2D eigenvalue weighted by atomic mass is 19.1. The van der Waals surface area contributed by atoms with Crippen LogP contribution in [-0.4, -0.2) is 25.3 Å². The molecule has 0 aliphatic rings. The Morgan fingerprint density at radius 3 is 2.42 bits per heavy atom. The molecule has 0 saturated heterocycles. The van der Waals surface area contributed by atoms with Crippen LogP contribution < -0.4 is 15.9 Å². The molecule has 184 valence electrons. The zero-order chi connectivity index (χ0) is 25.8. The van der Waals surface area contributed by atoms with Gasteiger partial charge in [-0.1, -0.05) is 49.6 Å². The van der Waals surface area contributed by atoms with E-state index in [0.717, 1.165) is 50.2 Å². The zero-order valence-electron chi connectivity index (χ0n) is 21.2. The van der Waals surface area contributed by atoms with Crippen molar-refractivity contribution in [2.24, 2.45) is 5.10 Å². The Kier molecular flexibility index (Phi) is 7.36. The minimum atomic E-state index is -0.186. The van der Waals surface area contributed by atoms with Gasteiger partial charge in [-0.3, -0.25) is 0 Å². The van der Waals surface area contributed by atoms with Gasteiger partial charge in [0.05, 0.1) is 11.9 Å². The largest absolute Gasteiger partial charge is 0.388 e. The highest BCUT2D eigenvalue weighted by molar-refractivity contribution is 6.01. The third kappa shape index (κ3) is 5.24. The number of aromatic nitrogens is 1. The van der Waals surface area contributed by atoms with Crippen LogP contribution in [0.25, 0.3) is 16.5 Å². The minimum Gasteiger partial charge on any atom is -0.388 e. The lowest BCUT2D eigenvalue weighted by molar-refractivity contribution is 0.614. The van der Waals surface area contributed by atoms with Gasteiger partial charge < -0.3 is 10.3 Å². The number of halogens is 1. The number of rotatable bonds is 9. The van der Waals surface area contributed by atoms with E-state index in [9.17, 15) is 4.39 Å². The summed E-state index contributed by atoms with van der Waals surface area (Å²) in [6.07, 6.45) is 2.24. The molecule has 6 heteroatoms. The van der Waals surface area contributed by atoms with Crippen LogP contribution >= 0.6 is 0 Å². The van der Waals surface area contributed by atoms with E-state index in [-0.39, 0.29) is 5.82 Å². The zero-order valence-corrected chi connectivity index (χ0v) is 21.2. The van der Waals surface area contributed by atoms with Crippen molar-refractivity contribution >= 4 is 34.1 Å². The summed E-state index contributed by atoms with van der Waals surface area (Å²) < 4.78 is 14.1. The predicted molar refractivity (Wildman–Crippen MR) is 151 cm³/mol. The average molecular weight is 482 g/mol.